The zero-order valence-electron chi connectivity index (χ0n) is 14.6. The molecule has 0 bridgehead atoms. The van der Waals surface area contributed by atoms with Gasteiger partial charge in [0.25, 0.3) is 0 Å². The normalized spacial score (nSPS) is 45.6. The molecule has 2 heterocycles. The molecular formula is C18H28O5. The number of carbonyl (C=O) groups excluding carboxylic acids is 1. The van der Waals surface area contributed by atoms with Gasteiger partial charge in [-0.1, -0.05) is 27.2 Å². The monoisotopic (exact) mass is 324 g/mol. The summed E-state index contributed by atoms with van der Waals surface area (Å²) in [5.41, 5.74) is -0.952. The van der Waals surface area contributed by atoms with Crippen molar-refractivity contribution in [1.82, 2.24) is 0 Å². The summed E-state index contributed by atoms with van der Waals surface area (Å²) in [6.07, 6.45) is 4.71. The standard InChI is InChI=1S/C18H28O5/c1-15(2)6-5-7-17(4)12(15)10-14(21)22-18(17)9-8-16(3,23-18)11-13(19)20/h12H,5-11H2,1-4H3,(H,19,20)/t12?,16-,17-,18-/m0/s1. The molecule has 2 saturated heterocycles. The molecule has 1 N–H and O–H groups in total. The van der Waals surface area contributed by atoms with Crippen LogP contribution in [0.5, 0.6) is 0 Å². The van der Waals surface area contributed by atoms with Crippen molar-refractivity contribution in [3.8, 4) is 0 Å². The van der Waals surface area contributed by atoms with Gasteiger partial charge in [0, 0.05) is 18.3 Å². The van der Waals surface area contributed by atoms with Crippen LogP contribution in [-0.4, -0.2) is 28.4 Å². The van der Waals surface area contributed by atoms with Crippen LogP contribution in [0.4, 0.5) is 0 Å². The van der Waals surface area contributed by atoms with Crippen molar-refractivity contribution in [1.29, 1.82) is 0 Å². The van der Waals surface area contributed by atoms with Crippen LogP contribution in [0.15, 0.2) is 0 Å². The average molecular weight is 324 g/mol. The molecule has 130 valence electrons. The highest BCUT2D eigenvalue weighted by Crippen LogP contribution is 2.64. The summed E-state index contributed by atoms with van der Waals surface area (Å²) in [6, 6.07) is 0. The molecule has 0 aromatic rings. The second kappa shape index (κ2) is 4.95. The van der Waals surface area contributed by atoms with Crippen LogP contribution in [0.25, 0.3) is 0 Å². The summed E-state index contributed by atoms with van der Waals surface area (Å²) in [6.45, 7) is 8.46. The first-order chi connectivity index (χ1) is 10.5. The highest BCUT2D eigenvalue weighted by atomic mass is 16.7. The minimum absolute atomic E-state index is 0.0591. The molecule has 1 spiro atoms. The quantitative estimate of drug-likeness (QED) is 0.787. The molecule has 3 fully saturated rings. The number of aliphatic carboxylic acids is 1. The third-order valence-corrected chi connectivity index (χ3v) is 6.67. The fourth-order valence-corrected chi connectivity index (χ4v) is 5.44. The first-order valence-corrected chi connectivity index (χ1v) is 8.66. The highest BCUT2D eigenvalue weighted by Gasteiger charge is 2.68. The van der Waals surface area contributed by atoms with Crippen molar-refractivity contribution in [2.24, 2.45) is 16.7 Å². The number of hydrogen-bond acceptors (Lipinski definition) is 4. The maximum absolute atomic E-state index is 12.3. The summed E-state index contributed by atoms with van der Waals surface area (Å²) >= 11 is 0. The molecule has 0 radical (unpaired) electrons. The van der Waals surface area contributed by atoms with Gasteiger partial charge in [-0.05, 0) is 37.5 Å². The van der Waals surface area contributed by atoms with Gasteiger partial charge in [0.15, 0.2) is 0 Å². The largest absolute Gasteiger partial charge is 0.481 e. The van der Waals surface area contributed by atoms with E-state index in [1.165, 1.54) is 0 Å². The molecule has 23 heavy (non-hydrogen) atoms. The van der Waals surface area contributed by atoms with E-state index in [2.05, 4.69) is 20.8 Å². The number of rotatable bonds is 2. The van der Waals surface area contributed by atoms with E-state index in [1.807, 2.05) is 6.92 Å². The fourth-order valence-electron chi connectivity index (χ4n) is 5.44. The highest BCUT2D eigenvalue weighted by molar-refractivity contribution is 5.72. The smallest absolute Gasteiger partial charge is 0.308 e. The van der Waals surface area contributed by atoms with Crippen molar-refractivity contribution in [2.45, 2.75) is 84.0 Å². The Kier molecular flexibility index (Phi) is 3.60. The van der Waals surface area contributed by atoms with Gasteiger partial charge >= 0.3 is 11.9 Å². The van der Waals surface area contributed by atoms with Crippen LogP contribution in [0.1, 0.15) is 72.6 Å². The van der Waals surface area contributed by atoms with Crippen LogP contribution in [-0.2, 0) is 19.1 Å². The van der Waals surface area contributed by atoms with E-state index in [-0.39, 0.29) is 29.1 Å². The second-order valence-electron chi connectivity index (χ2n) is 8.87. The Morgan fingerprint density at radius 3 is 2.52 bits per heavy atom. The van der Waals surface area contributed by atoms with Crippen LogP contribution in [0.2, 0.25) is 0 Å². The summed E-state index contributed by atoms with van der Waals surface area (Å²) in [5, 5.41) is 9.17. The second-order valence-corrected chi connectivity index (χ2v) is 8.87. The summed E-state index contributed by atoms with van der Waals surface area (Å²) in [4.78, 5) is 23.5. The number of fused-ring (bicyclic) bond motifs is 2. The molecule has 3 aliphatic rings. The number of ether oxygens (including phenoxy) is 2. The molecule has 1 saturated carbocycles. The van der Waals surface area contributed by atoms with Crippen LogP contribution < -0.4 is 0 Å². The molecule has 4 atom stereocenters. The van der Waals surface area contributed by atoms with E-state index < -0.39 is 17.4 Å². The predicted molar refractivity (Wildman–Crippen MR) is 83.6 cm³/mol. The minimum Gasteiger partial charge on any atom is -0.481 e. The zero-order chi connectivity index (χ0) is 17.1. The molecule has 0 aromatic carbocycles. The molecule has 5 heteroatoms. The van der Waals surface area contributed by atoms with Crippen molar-refractivity contribution in [3.63, 3.8) is 0 Å². The lowest BCUT2D eigenvalue weighted by molar-refractivity contribution is -0.330. The minimum atomic E-state index is -0.963. The molecule has 1 aliphatic carbocycles. The van der Waals surface area contributed by atoms with Gasteiger partial charge in [-0.25, -0.2) is 0 Å². The maximum Gasteiger partial charge on any atom is 0.308 e. The number of esters is 1. The Bertz CT molecular complexity index is 542. The van der Waals surface area contributed by atoms with Gasteiger partial charge in [0.2, 0.25) is 5.79 Å². The van der Waals surface area contributed by atoms with Gasteiger partial charge in [-0.15, -0.1) is 0 Å². The third-order valence-electron chi connectivity index (χ3n) is 6.67. The van der Waals surface area contributed by atoms with Crippen molar-refractivity contribution < 1.29 is 24.2 Å². The van der Waals surface area contributed by atoms with Crippen LogP contribution in [0, 0.1) is 16.7 Å². The Morgan fingerprint density at radius 2 is 1.87 bits per heavy atom. The summed E-state index contributed by atoms with van der Waals surface area (Å²) < 4.78 is 12.1. The zero-order valence-corrected chi connectivity index (χ0v) is 14.6. The van der Waals surface area contributed by atoms with E-state index >= 15 is 0 Å². The SMILES string of the molecule is CC1(C)CCC[C@@]2(C)C1CC(=O)O[C@]21CC[C@@](C)(CC(=O)O)O1. The van der Waals surface area contributed by atoms with E-state index in [0.717, 1.165) is 19.3 Å². The van der Waals surface area contributed by atoms with Gasteiger partial charge in [-0.2, -0.15) is 0 Å². The van der Waals surface area contributed by atoms with Crippen molar-refractivity contribution >= 4 is 11.9 Å². The van der Waals surface area contributed by atoms with E-state index in [0.29, 0.717) is 19.3 Å². The number of carboxylic acid groups (broad SMARTS) is 1. The number of carbonyl (C=O) groups is 2. The molecule has 1 unspecified atom stereocenters. The Balaban J connectivity index is 1.98. The lowest BCUT2D eigenvalue weighted by Crippen LogP contribution is -2.62. The topological polar surface area (TPSA) is 72.8 Å². The van der Waals surface area contributed by atoms with Gasteiger partial charge in [0.1, 0.15) is 0 Å². The molecule has 0 aromatic heterocycles. The van der Waals surface area contributed by atoms with Gasteiger partial charge in [0.05, 0.1) is 12.0 Å². The first-order valence-electron chi connectivity index (χ1n) is 8.66. The summed E-state index contributed by atoms with van der Waals surface area (Å²) in [5.74, 6) is -1.84. The van der Waals surface area contributed by atoms with E-state index in [1.54, 1.807) is 0 Å². The van der Waals surface area contributed by atoms with Gasteiger partial charge in [-0.3, -0.25) is 9.59 Å². The first kappa shape index (κ1) is 16.7. The van der Waals surface area contributed by atoms with Crippen LogP contribution >= 0.6 is 0 Å². The fraction of sp³-hybridized carbons (Fsp3) is 0.889. The predicted octanol–water partition coefficient (Wildman–Crippen LogP) is 3.51. The Hall–Kier alpha value is -1.10. The average Bonchev–Trinajstić information content (AvgIpc) is 2.70. The number of hydrogen-bond donors (Lipinski definition) is 1. The maximum atomic E-state index is 12.3. The molecule has 3 rings (SSSR count). The molecular weight excluding hydrogens is 296 g/mol. The number of carboxylic acids is 1. The summed E-state index contributed by atoms with van der Waals surface area (Å²) in [7, 11) is 0. The molecule has 0 amide bonds. The van der Waals surface area contributed by atoms with E-state index in [9.17, 15) is 9.59 Å². The molecule has 5 nitrogen and oxygen atoms in total. The lowest BCUT2D eigenvalue weighted by atomic mass is 9.51. The third kappa shape index (κ3) is 2.48. The van der Waals surface area contributed by atoms with Crippen LogP contribution in [0.3, 0.4) is 0 Å². The van der Waals surface area contributed by atoms with Crippen molar-refractivity contribution in [2.75, 3.05) is 0 Å². The molecule has 2 aliphatic heterocycles. The Labute approximate surface area is 137 Å². The lowest BCUT2D eigenvalue weighted by Gasteiger charge is -2.59. The van der Waals surface area contributed by atoms with Gasteiger partial charge < -0.3 is 14.6 Å². The van der Waals surface area contributed by atoms with E-state index in [4.69, 9.17) is 14.6 Å². The Morgan fingerprint density at radius 1 is 1.17 bits per heavy atom. The van der Waals surface area contributed by atoms with Crippen molar-refractivity contribution in [3.05, 3.63) is 0 Å².